The van der Waals surface area contributed by atoms with Gasteiger partial charge in [-0.25, -0.2) is 4.79 Å². The second-order valence-corrected chi connectivity index (χ2v) is 5.53. The van der Waals surface area contributed by atoms with Gasteiger partial charge in [0.25, 0.3) is 0 Å². The number of hydrogen-bond donors (Lipinski definition) is 1. The number of carbonyl (C=O) groups is 1. The maximum atomic E-state index is 12.7. The van der Waals surface area contributed by atoms with Gasteiger partial charge in [-0.2, -0.15) is 0 Å². The van der Waals surface area contributed by atoms with Crippen LogP contribution in [0.4, 0.5) is 16.2 Å². The maximum absolute atomic E-state index is 12.7. The van der Waals surface area contributed by atoms with Crippen molar-refractivity contribution in [1.82, 2.24) is 0 Å². The molecule has 22 heavy (non-hydrogen) atoms. The van der Waals surface area contributed by atoms with Crippen LogP contribution in [-0.4, -0.2) is 18.7 Å². The number of aryl methyl sites for hydroxylation is 1. The van der Waals surface area contributed by atoms with E-state index in [2.05, 4.69) is 12.2 Å². The highest BCUT2D eigenvalue weighted by Gasteiger charge is 2.28. The third-order valence-corrected chi connectivity index (χ3v) is 3.81. The number of anilines is 2. The molecule has 2 aromatic carbocycles. The summed E-state index contributed by atoms with van der Waals surface area (Å²) in [5, 5.41) is 2.97. The summed E-state index contributed by atoms with van der Waals surface area (Å²) < 4.78 is 5.91. The van der Waals surface area contributed by atoms with Crippen molar-refractivity contribution in [2.75, 3.05) is 16.8 Å². The van der Waals surface area contributed by atoms with E-state index in [4.69, 9.17) is 4.74 Å². The number of nitrogens with zero attached hydrogens (tertiary/aromatic N) is 1. The summed E-state index contributed by atoms with van der Waals surface area (Å²) >= 11 is 0. The van der Waals surface area contributed by atoms with Gasteiger partial charge in [0.2, 0.25) is 0 Å². The predicted octanol–water partition coefficient (Wildman–Crippen LogP) is 4.20. The number of carbonyl (C=O) groups excluding carboxylic acids is 1. The van der Waals surface area contributed by atoms with Crippen LogP contribution in [0.5, 0.6) is 5.75 Å². The summed E-state index contributed by atoms with van der Waals surface area (Å²) in [6.07, 6.45) is 0.890. The van der Waals surface area contributed by atoms with Crippen LogP contribution in [-0.2, 0) is 0 Å². The first-order valence-electron chi connectivity index (χ1n) is 7.58. The summed E-state index contributed by atoms with van der Waals surface area (Å²) in [6.45, 7) is 4.63. The molecule has 1 aliphatic rings. The lowest BCUT2D eigenvalue weighted by Gasteiger charge is -2.34. The second-order valence-electron chi connectivity index (χ2n) is 5.53. The van der Waals surface area contributed by atoms with E-state index < -0.39 is 0 Å². The van der Waals surface area contributed by atoms with Crippen LogP contribution in [0.25, 0.3) is 0 Å². The van der Waals surface area contributed by atoms with Gasteiger partial charge in [-0.1, -0.05) is 31.2 Å². The average Bonchev–Trinajstić information content (AvgIpc) is 2.53. The van der Waals surface area contributed by atoms with Crippen molar-refractivity contribution >= 4 is 17.4 Å². The molecule has 1 atom stereocenters. The van der Waals surface area contributed by atoms with Crippen molar-refractivity contribution in [3.63, 3.8) is 0 Å². The van der Waals surface area contributed by atoms with Crippen molar-refractivity contribution in [2.45, 2.75) is 26.4 Å². The molecule has 1 heterocycles. The minimum atomic E-state index is -0.125. The second kappa shape index (κ2) is 6.10. The molecule has 114 valence electrons. The van der Waals surface area contributed by atoms with Gasteiger partial charge < -0.3 is 10.1 Å². The molecule has 0 spiro atoms. The predicted molar refractivity (Wildman–Crippen MR) is 88.7 cm³/mol. The van der Waals surface area contributed by atoms with Gasteiger partial charge in [-0.15, -0.1) is 0 Å². The van der Waals surface area contributed by atoms with Gasteiger partial charge in [-0.05, 0) is 43.2 Å². The normalized spacial score (nSPS) is 16.6. The Hall–Kier alpha value is -2.49. The van der Waals surface area contributed by atoms with Crippen molar-refractivity contribution in [2.24, 2.45) is 0 Å². The quantitative estimate of drug-likeness (QED) is 0.902. The molecule has 2 aromatic rings. The zero-order chi connectivity index (χ0) is 15.5. The summed E-state index contributed by atoms with van der Waals surface area (Å²) in [7, 11) is 0. The minimum Gasteiger partial charge on any atom is -0.486 e. The molecule has 0 fully saturated rings. The summed E-state index contributed by atoms with van der Waals surface area (Å²) in [4.78, 5) is 14.4. The Morgan fingerprint density at radius 3 is 2.86 bits per heavy atom. The third-order valence-electron chi connectivity index (χ3n) is 3.81. The van der Waals surface area contributed by atoms with E-state index in [1.165, 1.54) is 0 Å². The molecule has 0 aromatic heterocycles. The Balaban J connectivity index is 1.85. The lowest BCUT2D eigenvalue weighted by molar-refractivity contribution is 0.188. The van der Waals surface area contributed by atoms with E-state index in [9.17, 15) is 4.79 Å². The van der Waals surface area contributed by atoms with E-state index in [0.29, 0.717) is 6.54 Å². The SMILES string of the molecule is CC[C@H]1CN(C(=O)Nc2cccc(C)c2)c2ccccc2O1. The average molecular weight is 296 g/mol. The molecule has 0 saturated carbocycles. The number of amides is 2. The molecular weight excluding hydrogens is 276 g/mol. The zero-order valence-electron chi connectivity index (χ0n) is 12.9. The van der Waals surface area contributed by atoms with Crippen LogP contribution < -0.4 is 15.0 Å². The third kappa shape index (κ3) is 2.91. The van der Waals surface area contributed by atoms with E-state index in [1.807, 2.05) is 55.5 Å². The van der Waals surface area contributed by atoms with Crippen molar-refractivity contribution in [3.05, 3.63) is 54.1 Å². The van der Waals surface area contributed by atoms with Gasteiger partial charge in [0.05, 0.1) is 12.2 Å². The van der Waals surface area contributed by atoms with Crippen LogP contribution in [0, 0.1) is 6.92 Å². The van der Waals surface area contributed by atoms with Crippen LogP contribution in [0.1, 0.15) is 18.9 Å². The Labute approximate surface area is 130 Å². The molecule has 0 aliphatic carbocycles. The summed E-state index contributed by atoms with van der Waals surface area (Å²) in [6, 6.07) is 15.3. The largest absolute Gasteiger partial charge is 0.486 e. The highest BCUT2D eigenvalue weighted by molar-refractivity contribution is 6.03. The van der Waals surface area contributed by atoms with E-state index in [1.54, 1.807) is 4.90 Å². The van der Waals surface area contributed by atoms with E-state index in [0.717, 1.165) is 29.1 Å². The lowest BCUT2D eigenvalue weighted by atomic mass is 10.1. The molecule has 0 unspecified atom stereocenters. The summed E-state index contributed by atoms with van der Waals surface area (Å²) in [5.41, 5.74) is 2.74. The Kier molecular flexibility index (Phi) is 4.00. The monoisotopic (exact) mass is 296 g/mol. The molecule has 4 nitrogen and oxygen atoms in total. The standard InChI is InChI=1S/C18H20N2O2/c1-3-15-12-20(16-9-4-5-10-17(16)22-15)18(21)19-14-8-6-7-13(2)11-14/h4-11,15H,3,12H2,1-2H3,(H,19,21)/t15-/m0/s1. The number of ether oxygens (including phenoxy) is 1. The van der Waals surface area contributed by atoms with Gasteiger partial charge in [0.15, 0.2) is 0 Å². The molecule has 0 bridgehead atoms. The molecule has 0 saturated heterocycles. The van der Waals surface area contributed by atoms with Gasteiger partial charge in [-0.3, -0.25) is 4.90 Å². The Morgan fingerprint density at radius 2 is 2.09 bits per heavy atom. The van der Waals surface area contributed by atoms with Crippen LogP contribution >= 0.6 is 0 Å². The number of urea groups is 1. The van der Waals surface area contributed by atoms with Gasteiger partial charge in [0, 0.05) is 5.69 Å². The fraction of sp³-hybridized carbons (Fsp3) is 0.278. The van der Waals surface area contributed by atoms with E-state index >= 15 is 0 Å². The molecule has 4 heteroatoms. The number of benzene rings is 2. The fourth-order valence-electron chi connectivity index (χ4n) is 2.62. The molecular formula is C18H20N2O2. The number of fused-ring (bicyclic) bond motifs is 1. The topological polar surface area (TPSA) is 41.6 Å². The molecule has 2 amide bonds. The maximum Gasteiger partial charge on any atom is 0.326 e. The highest BCUT2D eigenvalue weighted by atomic mass is 16.5. The number of para-hydroxylation sites is 2. The highest BCUT2D eigenvalue weighted by Crippen LogP contribution is 2.34. The zero-order valence-corrected chi connectivity index (χ0v) is 12.9. The first-order valence-corrected chi connectivity index (χ1v) is 7.58. The lowest BCUT2D eigenvalue weighted by Crippen LogP contribution is -2.45. The molecule has 3 rings (SSSR count). The Morgan fingerprint density at radius 1 is 1.27 bits per heavy atom. The van der Waals surface area contributed by atoms with Crippen LogP contribution in [0.2, 0.25) is 0 Å². The van der Waals surface area contributed by atoms with Crippen molar-refractivity contribution in [1.29, 1.82) is 0 Å². The first kappa shape index (κ1) is 14.4. The van der Waals surface area contributed by atoms with Crippen LogP contribution in [0.15, 0.2) is 48.5 Å². The van der Waals surface area contributed by atoms with Crippen molar-refractivity contribution in [3.8, 4) is 5.75 Å². The van der Waals surface area contributed by atoms with Gasteiger partial charge in [0.1, 0.15) is 11.9 Å². The van der Waals surface area contributed by atoms with Crippen LogP contribution in [0.3, 0.4) is 0 Å². The molecule has 1 aliphatic heterocycles. The minimum absolute atomic E-state index is 0.0261. The first-order chi connectivity index (χ1) is 10.7. The van der Waals surface area contributed by atoms with Crippen molar-refractivity contribution < 1.29 is 9.53 Å². The number of hydrogen-bond acceptors (Lipinski definition) is 2. The summed E-state index contributed by atoms with van der Waals surface area (Å²) in [5.74, 6) is 0.764. The van der Waals surface area contributed by atoms with Gasteiger partial charge >= 0.3 is 6.03 Å². The fourth-order valence-corrected chi connectivity index (χ4v) is 2.62. The smallest absolute Gasteiger partial charge is 0.326 e. The number of nitrogens with one attached hydrogen (secondary N) is 1. The van der Waals surface area contributed by atoms with E-state index in [-0.39, 0.29) is 12.1 Å². The molecule has 1 N–H and O–H groups in total. The number of rotatable bonds is 2. The molecule has 0 radical (unpaired) electrons. The Bertz CT molecular complexity index is 684.